The molecule has 0 saturated carbocycles. The number of amides is 1. The van der Waals surface area contributed by atoms with Crippen LogP contribution in [-0.4, -0.2) is 53.5 Å². The number of hydrogen-bond acceptors (Lipinski definition) is 3. The van der Waals surface area contributed by atoms with E-state index in [1.165, 1.54) is 18.4 Å². The number of benzene rings is 1. The van der Waals surface area contributed by atoms with Gasteiger partial charge in [0.15, 0.2) is 0 Å². The predicted octanol–water partition coefficient (Wildman–Crippen LogP) is 3.14. The van der Waals surface area contributed by atoms with Crippen molar-refractivity contribution in [2.45, 2.75) is 51.6 Å². The fraction of sp³-hybridized carbons (Fsp3) is 0.667. The molecule has 0 bridgehead atoms. The second kappa shape index (κ2) is 8.81. The second-order valence-corrected chi connectivity index (χ2v) is 7.74. The van der Waals surface area contributed by atoms with Gasteiger partial charge in [-0.15, -0.1) is 0 Å². The van der Waals surface area contributed by atoms with Crippen molar-refractivity contribution < 1.29 is 9.90 Å². The van der Waals surface area contributed by atoms with Crippen LogP contribution in [0.25, 0.3) is 0 Å². The first-order valence-electron chi connectivity index (χ1n) is 9.89. The standard InChI is InChI=1S/C21H32N2O2/c1-17-6-8-18(9-7-17)20(24)16-22-14-10-19(11-15-22)21(25)23-12-4-2-3-5-13-23/h6-9,19-20,24H,2-5,10-16H2,1H3. The van der Waals surface area contributed by atoms with Crippen molar-refractivity contribution in [1.29, 1.82) is 0 Å². The number of piperidine rings is 1. The first-order chi connectivity index (χ1) is 12.1. The minimum atomic E-state index is -0.446. The molecule has 1 amide bonds. The summed E-state index contributed by atoms with van der Waals surface area (Å²) in [7, 11) is 0. The molecule has 0 spiro atoms. The topological polar surface area (TPSA) is 43.8 Å². The van der Waals surface area contributed by atoms with E-state index in [1.807, 2.05) is 24.3 Å². The van der Waals surface area contributed by atoms with Crippen LogP contribution < -0.4 is 0 Å². The van der Waals surface area contributed by atoms with Gasteiger partial charge >= 0.3 is 0 Å². The number of nitrogens with zero attached hydrogens (tertiary/aromatic N) is 2. The van der Waals surface area contributed by atoms with Crippen molar-refractivity contribution in [3.63, 3.8) is 0 Å². The quantitative estimate of drug-likeness (QED) is 0.912. The van der Waals surface area contributed by atoms with Crippen LogP contribution in [0, 0.1) is 12.8 Å². The summed E-state index contributed by atoms with van der Waals surface area (Å²) in [5.74, 6) is 0.562. The summed E-state index contributed by atoms with van der Waals surface area (Å²) < 4.78 is 0. The molecule has 1 N–H and O–H groups in total. The van der Waals surface area contributed by atoms with E-state index in [0.29, 0.717) is 12.5 Å². The van der Waals surface area contributed by atoms with Gasteiger partial charge < -0.3 is 14.9 Å². The molecule has 1 atom stereocenters. The lowest BCUT2D eigenvalue weighted by Gasteiger charge is -2.35. The van der Waals surface area contributed by atoms with Crippen LogP contribution in [0.15, 0.2) is 24.3 Å². The minimum absolute atomic E-state index is 0.186. The summed E-state index contributed by atoms with van der Waals surface area (Å²) >= 11 is 0. The van der Waals surface area contributed by atoms with Crippen LogP contribution in [0.2, 0.25) is 0 Å². The Labute approximate surface area is 151 Å². The van der Waals surface area contributed by atoms with Crippen molar-refractivity contribution in [3.05, 3.63) is 35.4 Å². The highest BCUT2D eigenvalue weighted by Crippen LogP contribution is 2.24. The van der Waals surface area contributed by atoms with Gasteiger partial charge in [-0.2, -0.15) is 0 Å². The van der Waals surface area contributed by atoms with Crippen molar-refractivity contribution in [2.75, 3.05) is 32.7 Å². The molecule has 138 valence electrons. The number of hydrogen-bond donors (Lipinski definition) is 1. The smallest absolute Gasteiger partial charge is 0.225 e. The van der Waals surface area contributed by atoms with Gasteiger partial charge in [0.05, 0.1) is 6.10 Å². The lowest BCUT2D eigenvalue weighted by Crippen LogP contribution is -2.43. The molecule has 2 aliphatic heterocycles. The van der Waals surface area contributed by atoms with Gasteiger partial charge in [0.2, 0.25) is 5.91 Å². The third kappa shape index (κ3) is 5.05. The zero-order chi connectivity index (χ0) is 17.6. The molecule has 0 radical (unpaired) electrons. The highest BCUT2D eigenvalue weighted by Gasteiger charge is 2.29. The summed E-state index contributed by atoms with van der Waals surface area (Å²) in [5, 5.41) is 10.5. The summed E-state index contributed by atoms with van der Waals surface area (Å²) in [6.07, 6.45) is 6.25. The molecule has 3 rings (SSSR count). The highest BCUT2D eigenvalue weighted by molar-refractivity contribution is 5.79. The number of carbonyl (C=O) groups excluding carboxylic acids is 1. The second-order valence-electron chi connectivity index (χ2n) is 7.74. The summed E-state index contributed by atoms with van der Waals surface area (Å²) in [5.41, 5.74) is 2.19. The van der Waals surface area contributed by atoms with Crippen molar-refractivity contribution in [2.24, 2.45) is 5.92 Å². The van der Waals surface area contributed by atoms with Crippen LogP contribution in [-0.2, 0) is 4.79 Å². The Balaban J connectivity index is 1.46. The van der Waals surface area contributed by atoms with Crippen LogP contribution in [0.1, 0.15) is 55.8 Å². The Morgan fingerprint density at radius 3 is 2.24 bits per heavy atom. The first kappa shape index (κ1) is 18.4. The van der Waals surface area contributed by atoms with Crippen molar-refractivity contribution in [1.82, 2.24) is 9.80 Å². The molecule has 2 saturated heterocycles. The van der Waals surface area contributed by atoms with Crippen LogP contribution in [0.4, 0.5) is 0 Å². The molecule has 1 aromatic rings. The fourth-order valence-electron chi connectivity index (χ4n) is 4.05. The van der Waals surface area contributed by atoms with E-state index in [4.69, 9.17) is 0 Å². The van der Waals surface area contributed by atoms with E-state index in [0.717, 1.165) is 57.4 Å². The van der Waals surface area contributed by atoms with Gasteiger partial charge in [-0.05, 0) is 51.3 Å². The maximum absolute atomic E-state index is 12.7. The van der Waals surface area contributed by atoms with Gasteiger partial charge in [-0.25, -0.2) is 0 Å². The maximum Gasteiger partial charge on any atom is 0.225 e. The molecule has 0 aliphatic carbocycles. The van der Waals surface area contributed by atoms with Gasteiger partial charge in [-0.1, -0.05) is 42.7 Å². The maximum atomic E-state index is 12.7. The molecule has 25 heavy (non-hydrogen) atoms. The first-order valence-corrected chi connectivity index (χ1v) is 9.89. The minimum Gasteiger partial charge on any atom is -0.387 e. The number of aliphatic hydroxyl groups excluding tert-OH is 1. The van der Waals surface area contributed by atoms with Gasteiger partial charge in [0.1, 0.15) is 0 Å². The summed E-state index contributed by atoms with van der Waals surface area (Å²) in [6, 6.07) is 8.11. The number of β-amino-alcohol motifs (C(OH)–C–C–N with tert-alkyl or cyclic N) is 1. The monoisotopic (exact) mass is 344 g/mol. The Hall–Kier alpha value is -1.39. The average Bonchev–Trinajstić information content (AvgIpc) is 2.92. The summed E-state index contributed by atoms with van der Waals surface area (Å²) in [4.78, 5) is 17.2. The Bertz CT molecular complexity index is 542. The fourth-order valence-corrected chi connectivity index (χ4v) is 4.05. The molecule has 2 fully saturated rings. The molecule has 4 nitrogen and oxygen atoms in total. The van der Waals surface area contributed by atoms with Crippen LogP contribution in [0.5, 0.6) is 0 Å². The van der Waals surface area contributed by atoms with Crippen LogP contribution >= 0.6 is 0 Å². The van der Waals surface area contributed by atoms with E-state index in [-0.39, 0.29) is 5.92 Å². The third-order valence-electron chi connectivity index (χ3n) is 5.75. The molecule has 1 unspecified atom stereocenters. The van der Waals surface area contributed by atoms with Gasteiger partial charge in [0.25, 0.3) is 0 Å². The lowest BCUT2D eigenvalue weighted by molar-refractivity contribution is -0.137. The summed E-state index contributed by atoms with van der Waals surface area (Å²) in [6.45, 7) is 6.44. The Morgan fingerprint density at radius 2 is 1.64 bits per heavy atom. The van der Waals surface area contributed by atoms with E-state index in [2.05, 4.69) is 16.7 Å². The zero-order valence-electron chi connectivity index (χ0n) is 15.5. The largest absolute Gasteiger partial charge is 0.387 e. The lowest BCUT2D eigenvalue weighted by atomic mass is 9.94. The van der Waals surface area contributed by atoms with E-state index in [1.54, 1.807) is 0 Å². The molecule has 4 heteroatoms. The number of aryl methyl sites for hydroxylation is 1. The third-order valence-corrected chi connectivity index (χ3v) is 5.75. The number of aliphatic hydroxyl groups is 1. The molecule has 2 aliphatic rings. The molecule has 0 aromatic heterocycles. The van der Waals surface area contributed by atoms with Crippen molar-refractivity contribution in [3.8, 4) is 0 Å². The van der Waals surface area contributed by atoms with Gasteiger partial charge in [-0.3, -0.25) is 4.79 Å². The SMILES string of the molecule is Cc1ccc(C(O)CN2CCC(C(=O)N3CCCCCC3)CC2)cc1. The van der Waals surface area contributed by atoms with E-state index >= 15 is 0 Å². The molecule has 2 heterocycles. The number of likely N-dealkylation sites (tertiary alicyclic amines) is 2. The van der Waals surface area contributed by atoms with E-state index in [9.17, 15) is 9.90 Å². The number of carbonyl (C=O) groups is 1. The normalized spacial score (nSPS) is 21.8. The highest BCUT2D eigenvalue weighted by atomic mass is 16.3. The molecular formula is C21H32N2O2. The predicted molar refractivity (Wildman–Crippen MR) is 100 cm³/mol. The van der Waals surface area contributed by atoms with Crippen LogP contribution in [0.3, 0.4) is 0 Å². The van der Waals surface area contributed by atoms with Crippen molar-refractivity contribution >= 4 is 5.91 Å². The number of rotatable bonds is 4. The Morgan fingerprint density at radius 1 is 1.04 bits per heavy atom. The average molecular weight is 344 g/mol. The zero-order valence-corrected chi connectivity index (χ0v) is 15.5. The van der Waals surface area contributed by atoms with E-state index < -0.39 is 6.10 Å². The molecular weight excluding hydrogens is 312 g/mol. The van der Waals surface area contributed by atoms with Gasteiger partial charge in [0, 0.05) is 25.6 Å². The Kier molecular flexibility index (Phi) is 6.49. The molecule has 1 aromatic carbocycles.